The first kappa shape index (κ1) is 15.3. The Hall–Kier alpha value is 0.370. The number of benzene rings is 1. The molecule has 0 aliphatic heterocycles. The van der Waals surface area contributed by atoms with Gasteiger partial charge in [0.25, 0.3) is 0 Å². The van der Waals surface area contributed by atoms with Crippen LogP contribution in [0.1, 0.15) is 38.5 Å². The molecule has 3 rings (SSSR count). The second-order valence-electron chi connectivity index (χ2n) is 5.80. The highest BCUT2D eigenvalue weighted by molar-refractivity contribution is 9.09. The molecule has 110 valence electrons. The number of hydrogen-bond acceptors (Lipinski definition) is 1. The quantitative estimate of drug-likeness (QED) is 0.407. The van der Waals surface area contributed by atoms with Crippen molar-refractivity contribution in [3.63, 3.8) is 0 Å². The number of alkyl halides is 1. The third kappa shape index (κ3) is 2.58. The van der Waals surface area contributed by atoms with Gasteiger partial charge in [-0.3, -0.25) is 0 Å². The van der Waals surface area contributed by atoms with E-state index in [2.05, 4.69) is 15.9 Å². The summed E-state index contributed by atoms with van der Waals surface area (Å²) < 4.78 is 6.18. The maximum atomic E-state index is 6.21. The highest BCUT2D eigenvalue weighted by Crippen LogP contribution is 2.56. The molecule has 1 nitrogen and oxygen atoms in total. The summed E-state index contributed by atoms with van der Waals surface area (Å²) in [6.07, 6.45) is 7.62. The van der Waals surface area contributed by atoms with Crippen LogP contribution >= 0.6 is 50.7 Å². The van der Waals surface area contributed by atoms with Crippen LogP contribution in [-0.4, -0.2) is 10.9 Å². The molecule has 1 aromatic rings. The van der Waals surface area contributed by atoms with E-state index >= 15 is 0 Å². The minimum atomic E-state index is 0.224. The Balaban J connectivity index is 1.80. The van der Waals surface area contributed by atoms with Gasteiger partial charge >= 0.3 is 0 Å². The Kier molecular flexibility index (Phi) is 4.48. The van der Waals surface area contributed by atoms with Gasteiger partial charge in [-0.25, -0.2) is 0 Å². The fourth-order valence-corrected chi connectivity index (χ4v) is 5.13. The van der Waals surface area contributed by atoms with Crippen molar-refractivity contribution in [2.75, 3.05) is 0 Å². The van der Waals surface area contributed by atoms with Gasteiger partial charge in [0.05, 0.1) is 15.1 Å². The zero-order chi connectivity index (χ0) is 14.3. The number of rotatable bonds is 2. The minimum Gasteiger partial charge on any atom is -0.488 e. The van der Waals surface area contributed by atoms with Crippen molar-refractivity contribution < 1.29 is 4.74 Å². The molecule has 2 aliphatic carbocycles. The highest BCUT2D eigenvalue weighted by atomic mass is 79.9. The van der Waals surface area contributed by atoms with Crippen LogP contribution < -0.4 is 4.74 Å². The molecule has 2 saturated carbocycles. The van der Waals surface area contributed by atoms with Crippen molar-refractivity contribution in [1.82, 2.24) is 0 Å². The first-order valence-electron chi connectivity index (χ1n) is 6.98. The third-order valence-corrected chi connectivity index (χ3v) is 7.02. The molecule has 1 spiro atoms. The number of halogens is 4. The van der Waals surface area contributed by atoms with E-state index in [4.69, 9.17) is 39.5 Å². The van der Waals surface area contributed by atoms with Gasteiger partial charge in [0.2, 0.25) is 0 Å². The zero-order valence-electron chi connectivity index (χ0n) is 11.0. The molecule has 0 amide bonds. The minimum absolute atomic E-state index is 0.224. The van der Waals surface area contributed by atoms with Gasteiger partial charge < -0.3 is 4.74 Å². The lowest BCUT2D eigenvalue weighted by molar-refractivity contribution is -0.0600. The van der Waals surface area contributed by atoms with E-state index in [0.29, 0.717) is 25.6 Å². The summed E-state index contributed by atoms with van der Waals surface area (Å²) in [5, 5.41) is 1.48. The second-order valence-corrected chi connectivity index (χ2v) is 8.13. The van der Waals surface area contributed by atoms with Crippen LogP contribution in [-0.2, 0) is 0 Å². The normalized spacial score (nSPS) is 28.2. The molecule has 20 heavy (non-hydrogen) atoms. The van der Waals surface area contributed by atoms with E-state index in [1.165, 1.54) is 32.1 Å². The van der Waals surface area contributed by atoms with Gasteiger partial charge in [0, 0.05) is 16.3 Å². The van der Waals surface area contributed by atoms with Crippen LogP contribution in [0.3, 0.4) is 0 Å². The average Bonchev–Trinajstić information content (AvgIpc) is 2.45. The van der Waals surface area contributed by atoms with E-state index in [1.807, 2.05) is 0 Å². The summed E-state index contributed by atoms with van der Waals surface area (Å²) in [6, 6.07) is 3.38. The molecule has 0 radical (unpaired) electrons. The van der Waals surface area contributed by atoms with E-state index in [0.717, 1.165) is 6.42 Å². The lowest BCUT2D eigenvalue weighted by Crippen LogP contribution is -2.57. The summed E-state index contributed by atoms with van der Waals surface area (Å²) in [4.78, 5) is 0.557. The SMILES string of the molecule is Clc1cc(Cl)c(OC2CC(Br)C23CCCCC3)cc1Cl. The fraction of sp³-hybridized carbons (Fsp3) is 0.600. The predicted octanol–water partition coefficient (Wildman–Crippen LogP) is 6.51. The molecule has 2 aliphatic rings. The summed E-state index contributed by atoms with van der Waals surface area (Å²) in [6.45, 7) is 0. The van der Waals surface area contributed by atoms with Gasteiger partial charge in [-0.05, 0) is 25.3 Å². The average molecular weight is 399 g/mol. The van der Waals surface area contributed by atoms with Gasteiger partial charge in [-0.15, -0.1) is 0 Å². The van der Waals surface area contributed by atoms with Crippen LogP contribution in [0.25, 0.3) is 0 Å². The fourth-order valence-electron chi connectivity index (χ4n) is 3.46. The molecule has 0 bridgehead atoms. The third-order valence-electron chi connectivity index (χ3n) is 4.71. The van der Waals surface area contributed by atoms with Crippen molar-refractivity contribution in [3.05, 3.63) is 27.2 Å². The van der Waals surface area contributed by atoms with Crippen LogP contribution in [0.15, 0.2) is 12.1 Å². The highest BCUT2D eigenvalue weighted by Gasteiger charge is 2.55. The largest absolute Gasteiger partial charge is 0.488 e. The predicted molar refractivity (Wildman–Crippen MR) is 88.7 cm³/mol. The maximum Gasteiger partial charge on any atom is 0.139 e. The van der Waals surface area contributed by atoms with Crippen molar-refractivity contribution in [3.8, 4) is 5.75 Å². The van der Waals surface area contributed by atoms with Crippen molar-refractivity contribution >= 4 is 50.7 Å². The Bertz CT molecular complexity index is 514. The lowest BCUT2D eigenvalue weighted by atomic mass is 9.58. The standard InChI is InChI=1S/C15H16BrCl3O/c16-13-8-14(15(13)4-2-1-3-5-15)20-12-7-10(18)9(17)6-11(12)19/h6-7,13-14H,1-5,8H2. The topological polar surface area (TPSA) is 9.23 Å². The zero-order valence-corrected chi connectivity index (χ0v) is 14.8. The molecular weight excluding hydrogens is 382 g/mol. The number of ether oxygens (including phenoxy) is 1. The van der Waals surface area contributed by atoms with Gasteiger partial charge in [0.15, 0.2) is 0 Å². The Morgan fingerprint density at radius 2 is 1.65 bits per heavy atom. The molecule has 0 heterocycles. The van der Waals surface area contributed by atoms with Gasteiger partial charge in [0.1, 0.15) is 11.9 Å². The van der Waals surface area contributed by atoms with Crippen LogP contribution in [0.4, 0.5) is 0 Å². The second kappa shape index (κ2) is 5.87. The van der Waals surface area contributed by atoms with Crippen LogP contribution in [0.5, 0.6) is 5.75 Å². The first-order valence-corrected chi connectivity index (χ1v) is 9.03. The summed E-state index contributed by atoms with van der Waals surface area (Å²) in [5.74, 6) is 0.649. The molecule has 1 aromatic carbocycles. The number of hydrogen-bond donors (Lipinski definition) is 0. The molecule has 0 saturated heterocycles. The molecular formula is C15H16BrCl3O. The smallest absolute Gasteiger partial charge is 0.139 e. The first-order chi connectivity index (χ1) is 9.53. The van der Waals surface area contributed by atoms with Crippen molar-refractivity contribution in [1.29, 1.82) is 0 Å². The van der Waals surface area contributed by atoms with E-state index in [-0.39, 0.29) is 11.5 Å². The molecule has 5 heteroatoms. The Morgan fingerprint density at radius 3 is 2.30 bits per heavy atom. The van der Waals surface area contributed by atoms with Crippen LogP contribution in [0, 0.1) is 5.41 Å². The Labute approximate surface area is 143 Å². The summed E-state index contributed by atoms with van der Waals surface area (Å²) in [5.41, 5.74) is 0.272. The van der Waals surface area contributed by atoms with Crippen LogP contribution in [0.2, 0.25) is 15.1 Å². The van der Waals surface area contributed by atoms with Gasteiger partial charge in [-0.2, -0.15) is 0 Å². The molecule has 2 fully saturated rings. The van der Waals surface area contributed by atoms with E-state index < -0.39 is 0 Å². The lowest BCUT2D eigenvalue weighted by Gasteiger charge is -2.55. The summed E-state index contributed by atoms with van der Waals surface area (Å²) in [7, 11) is 0. The van der Waals surface area contributed by atoms with Gasteiger partial charge in [-0.1, -0.05) is 70.0 Å². The molecule has 2 atom stereocenters. The van der Waals surface area contributed by atoms with E-state index in [1.54, 1.807) is 12.1 Å². The van der Waals surface area contributed by atoms with Crippen molar-refractivity contribution in [2.45, 2.75) is 49.5 Å². The summed E-state index contributed by atoms with van der Waals surface area (Å²) >= 11 is 22.0. The molecule has 0 N–H and O–H groups in total. The van der Waals surface area contributed by atoms with E-state index in [9.17, 15) is 0 Å². The Morgan fingerprint density at radius 1 is 1.00 bits per heavy atom. The molecule has 0 aromatic heterocycles. The monoisotopic (exact) mass is 396 g/mol. The van der Waals surface area contributed by atoms with Crippen molar-refractivity contribution in [2.24, 2.45) is 5.41 Å². The maximum absolute atomic E-state index is 6.21. The molecule has 2 unspecified atom stereocenters.